The molecule has 2 unspecified atom stereocenters. The molecule has 0 radical (unpaired) electrons. The maximum Gasteiger partial charge on any atom is 0.220 e. The van der Waals surface area contributed by atoms with Gasteiger partial charge in [-0.1, -0.05) is 6.92 Å². The first kappa shape index (κ1) is 18.7. The average Bonchev–Trinajstić information content (AvgIpc) is 2.48. The second-order valence-electron chi connectivity index (χ2n) is 5.55. The molecule has 1 fully saturated rings. The van der Waals surface area contributed by atoms with Gasteiger partial charge in [0.25, 0.3) is 0 Å². The second kappa shape index (κ2) is 9.64. The molecule has 1 aliphatic rings. The molecule has 0 aromatic heterocycles. The summed E-state index contributed by atoms with van der Waals surface area (Å²) in [5, 5.41) is 6.40. The summed E-state index contributed by atoms with van der Waals surface area (Å²) in [4.78, 5) is 11.9. The highest BCUT2D eigenvalue weighted by atomic mass is 35.5. The van der Waals surface area contributed by atoms with Crippen LogP contribution in [0.2, 0.25) is 0 Å². The van der Waals surface area contributed by atoms with Gasteiger partial charge in [0.2, 0.25) is 5.91 Å². The van der Waals surface area contributed by atoms with Crippen LogP contribution < -0.4 is 15.4 Å². The largest absolute Gasteiger partial charge is 0.494 e. The first-order valence-electron chi connectivity index (χ1n) is 7.53. The van der Waals surface area contributed by atoms with Crippen molar-refractivity contribution in [3.63, 3.8) is 0 Å². The molecule has 124 valence electrons. The topological polar surface area (TPSA) is 50.4 Å². The molecule has 2 rings (SSSR count). The van der Waals surface area contributed by atoms with Crippen molar-refractivity contribution >= 4 is 18.3 Å². The molecule has 0 saturated carbocycles. The zero-order valence-electron chi connectivity index (χ0n) is 12.8. The summed E-state index contributed by atoms with van der Waals surface area (Å²) in [7, 11) is 0. The lowest BCUT2D eigenvalue weighted by atomic mass is 9.95. The number of halogens is 2. The van der Waals surface area contributed by atoms with Crippen LogP contribution in [-0.4, -0.2) is 31.6 Å². The molecule has 2 atom stereocenters. The lowest BCUT2D eigenvalue weighted by Gasteiger charge is -2.30. The lowest BCUT2D eigenvalue weighted by Crippen LogP contribution is -2.48. The molecule has 1 aliphatic heterocycles. The Morgan fingerprint density at radius 2 is 2.14 bits per heavy atom. The maximum absolute atomic E-state index is 12.7. The van der Waals surface area contributed by atoms with Crippen molar-refractivity contribution in [1.82, 2.24) is 10.6 Å². The summed E-state index contributed by atoms with van der Waals surface area (Å²) in [5.74, 6) is 0.899. The average molecular weight is 331 g/mol. The Morgan fingerprint density at radius 3 is 2.82 bits per heavy atom. The van der Waals surface area contributed by atoms with Gasteiger partial charge in [-0.3, -0.25) is 4.79 Å². The first-order chi connectivity index (χ1) is 10.1. The molecule has 0 bridgehead atoms. The summed E-state index contributed by atoms with van der Waals surface area (Å²) in [6.07, 6.45) is 2.10. The highest BCUT2D eigenvalue weighted by Gasteiger charge is 2.22. The molecule has 1 saturated heterocycles. The van der Waals surface area contributed by atoms with E-state index >= 15 is 0 Å². The van der Waals surface area contributed by atoms with Gasteiger partial charge in [0.1, 0.15) is 11.6 Å². The monoisotopic (exact) mass is 330 g/mol. The van der Waals surface area contributed by atoms with E-state index in [9.17, 15) is 9.18 Å². The third-order valence-electron chi connectivity index (χ3n) is 3.76. The SMILES string of the molecule is CC1CNCCC1NC(=O)CCCOc1ccc(F)cc1.Cl. The Hall–Kier alpha value is -1.33. The van der Waals surface area contributed by atoms with Crippen LogP contribution in [0.25, 0.3) is 0 Å². The summed E-state index contributed by atoms with van der Waals surface area (Å²) in [6.45, 7) is 4.52. The Morgan fingerprint density at radius 1 is 1.41 bits per heavy atom. The number of carbonyl (C=O) groups excluding carboxylic acids is 1. The summed E-state index contributed by atoms with van der Waals surface area (Å²) < 4.78 is 18.2. The number of hydrogen-bond donors (Lipinski definition) is 2. The summed E-state index contributed by atoms with van der Waals surface area (Å²) >= 11 is 0. The van der Waals surface area contributed by atoms with E-state index in [2.05, 4.69) is 17.6 Å². The molecular formula is C16H24ClFN2O2. The van der Waals surface area contributed by atoms with Gasteiger partial charge in [-0.2, -0.15) is 0 Å². The van der Waals surface area contributed by atoms with Crippen LogP contribution in [0.15, 0.2) is 24.3 Å². The number of carbonyl (C=O) groups is 1. The predicted molar refractivity (Wildman–Crippen MR) is 87.0 cm³/mol. The van der Waals surface area contributed by atoms with E-state index in [4.69, 9.17) is 4.74 Å². The first-order valence-corrected chi connectivity index (χ1v) is 7.53. The number of amides is 1. The van der Waals surface area contributed by atoms with Crippen LogP contribution in [0.1, 0.15) is 26.2 Å². The number of rotatable bonds is 6. The van der Waals surface area contributed by atoms with Gasteiger partial charge in [-0.15, -0.1) is 12.4 Å². The molecule has 1 amide bonds. The molecule has 2 N–H and O–H groups in total. The molecule has 1 heterocycles. The fourth-order valence-corrected chi connectivity index (χ4v) is 2.46. The number of ether oxygens (including phenoxy) is 1. The minimum Gasteiger partial charge on any atom is -0.494 e. The quantitative estimate of drug-likeness (QED) is 0.788. The minimum atomic E-state index is -0.280. The van der Waals surface area contributed by atoms with Crippen LogP contribution >= 0.6 is 12.4 Å². The highest BCUT2D eigenvalue weighted by Crippen LogP contribution is 2.12. The van der Waals surface area contributed by atoms with Gasteiger partial charge in [0, 0.05) is 12.5 Å². The van der Waals surface area contributed by atoms with Gasteiger partial charge in [-0.05, 0) is 56.1 Å². The van der Waals surface area contributed by atoms with Crippen LogP contribution in [0.4, 0.5) is 4.39 Å². The van der Waals surface area contributed by atoms with E-state index in [1.54, 1.807) is 12.1 Å². The van der Waals surface area contributed by atoms with Gasteiger partial charge in [0.15, 0.2) is 0 Å². The van der Waals surface area contributed by atoms with Crippen molar-refractivity contribution in [2.24, 2.45) is 5.92 Å². The van der Waals surface area contributed by atoms with Crippen molar-refractivity contribution in [3.8, 4) is 5.75 Å². The van der Waals surface area contributed by atoms with E-state index in [1.807, 2.05) is 0 Å². The maximum atomic E-state index is 12.7. The van der Waals surface area contributed by atoms with E-state index in [0.29, 0.717) is 31.1 Å². The fraction of sp³-hybridized carbons (Fsp3) is 0.562. The normalized spacial score (nSPS) is 20.8. The van der Waals surface area contributed by atoms with Gasteiger partial charge >= 0.3 is 0 Å². The smallest absolute Gasteiger partial charge is 0.220 e. The molecule has 6 heteroatoms. The van der Waals surface area contributed by atoms with E-state index in [0.717, 1.165) is 19.5 Å². The standard InChI is InChI=1S/C16H23FN2O2.ClH/c1-12-11-18-9-8-15(12)19-16(20)3-2-10-21-14-6-4-13(17)5-7-14;/h4-7,12,15,18H,2-3,8-11H2,1H3,(H,19,20);1H. The molecule has 1 aromatic rings. The third kappa shape index (κ3) is 6.20. The number of nitrogens with one attached hydrogen (secondary N) is 2. The number of piperidine rings is 1. The van der Waals surface area contributed by atoms with Crippen molar-refractivity contribution < 1.29 is 13.9 Å². The summed E-state index contributed by atoms with van der Waals surface area (Å²) in [6, 6.07) is 6.18. The van der Waals surface area contributed by atoms with E-state index < -0.39 is 0 Å². The zero-order valence-corrected chi connectivity index (χ0v) is 13.6. The molecule has 22 heavy (non-hydrogen) atoms. The second-order valence-corrected chi connectivity index (χ2v) is 5.55. The predicted octanol–water partition coefficient (Wildman–Crippen LogP) is 2.52. The molecule has 0 aliphatic carbocycles. The Kier molecular flexibility index (Phi) is 8.20. The highest BCUT2D eigenvalue weighted by molar-refractivity contribution is 5.85. The van der Waals surface area contributed by atoms with Crippen LogP contribution in [0.5, 0.6) is 5.75 Å². The fourth-order valence-electron chi connectivity index (χ4n) is 2.46. The molecule has 0 spiro atoms. The lowest BCUT2D eigenvalue weighted by molar-refractivity contribution is -0.122. The van der Waals surface area contributed by atoms with E-state index in [-0.39, 0.29) is 30.2 Å². The minimum absolute atomic E-state index is 0. The van der Waals surface area contributed by atoms with Gasteiger partial charge < -0.3 is 15.4 Å². The Bertz CT molecular complexity index is 456. The van der Waals surface area contributed by atoms with Gasteiger partial charge in [-0.25, -0.2) is 4.39 Å². The molecule has 4 nitrogen and oxygen atoms in total. The van der Waals surface area contributed by atoms with Crippen molar-refractivity contribution in [2.75, 3.05) is 19.7 Å². The van der Waals surface area contributed by atoms with Crippen molar-refractivity contribution in [3.05, 3.63) is 30.1 Å². The van der Waals surface area contributed by atoms with Crippen molar-refractivity contribution in [1.29, 1.82) is 0 Å². The van der Waals surface area contributed by atoms with Crippen LogP contribution in [0.3, 0.4) is 0 Å². The summed E-state index contributed by atoms with van der Waals surface area (Å²) in [5.41, 5.74) is 0. The van der Waals surface area contributed by atoms with Crippen LogP contribution in [0, 0.1) is 11.7 Å². The number of benzene rings is 1. The van der Waals surface area contributed by atoms with Crippen molar-refractivity contribution in [2.45, 2.75) is 32.2 Å². The Labute approximate surface area is 137 Å². The third-order valence-corrected chi connectivity index (χ3v) is 3.76. The number of hydrogen-bond acceptors (Lipinski definition) is 3. The van der Waals surface area contributed by atoms with Gasteiger partial charge in [0.05, 0.1) is 6.61 Å². The van der Waals surface area contributed by atoms with E-state index in [1.165, 1.54) is 12.1 Å². The molecular weight excluding hydrogens is 307 g/mol. The zero-order chi connectivity index (χ0) is 15.1. The Balaban J connectivity index is 0.00000242. The van der Waals surface area contributed by atoms with Crippen LogP contribution in [-0.2, 0) is 4.79 Å². The molecule has 1 aromatic carbocycles.